The van der Waals surface area contributed by atoms with Gasteiger partial charge in [0.25, 0.3) is 0 Å². The van der Waals surface area contributed by atoms with Crippen molar-refractivity contribution in [2.24, 2.45) is 5.92 Å². The van der Waals surface area contributed by atoms with Gasteiger partial charge in [-0.3, -0.25) is 4.90 Å². The molecule has 0 amide bonds. The fourth-order valence-corrected chi connectivity index (χ4v) is 5.54. The highest BCUT2D eigenvalue weighted by Gasteiger charge is 2.45. The number of ether oxygens (including phenoxy) is 4. The summed E-state index contributed by atoms with van der Waals surface area (Å²) in [5.74, 6) is 4.30. The molecule has 2 aromatic rings. The lowest BCUT2D eigenvalue weighted by atomic mass is 9.78. The van der Waals surface area contributed by atoms with Crippen molar-refractivity contribution in [1.82, 2.24) is 4.90 Å². The molecule has 5 heteroatoms. The first-order chi connectivity index (χ1) is 14.6. The van der Waals surface area contributed by atoms with Gasteiger partial charge in [-0.1, -0.05) is 0 Å². The van der Waals surface area contributed by atoms with Crippen molar-refractivity contribution in [1.29, 1.82) is 0 Å². The number of hydrogen-bond acceptors (Lipinski definition) is 5. The summed E-state index contributed by atoms with van der Waals surface area (Å²) in [5, 5.41) is 0. The summed E-state index contributed by atoms with van der Waals surface area (Å²) in [6.07, 6.45) is 3.67. The van der Waals surface area contributed by atoms with Gasteiger partial charge in [-0.2, -0.15) is 0 Å². The van der Waals surface area contributed by atoms with Crippen LogP contribution >= 0.6 is 0 Å². The highest BCUT2D eigenvalue weighted by molar-refractivity contribution is 5.59. The Balaban J connectivity index is 1.72. The number of fused-ring (bicyclic) bond motifs is 1. The molecule has 0 radical (unpaired) electrons. The summed E-state index contributed by atoms with van der Waals surface area (Å²) >= 11 is 0. The SMILES string of the molecule is COc1cc2c(cc1OC)[C@H]1c3cc(OC)c(OC)cc3[C@@H](C2)N(CC2CC2)[C@@H]1C. The number of nitrogens with zero attached hydrogens (tertiary/aromatic N) is 1. The van der Waals surface area contributed by atoms with Crippen LogP contribution in [0.4, 0.5) is 0 Å². The molecule has 0 unspecified atom stereocenters. The number of methoxy groups -OCH3 is 4. The Morgan fingerprint density at radius 1 is 0.767 bits per heavy atom. The second-order valence-corrected chi connectivity index (χ2v) is 8.82. The maximum absolute atomic E-state index is 5.67. The van der Waals surface area contributed by atoms with E-state index in [9.17, 15) is 0 Å². The van der Waals surface area contributed by atoms with Crippen molar-refractivity contribution < 1.29 is 18.9 Å². The molecule has 2 aromatic carbocycles. The quantitative estimate of drug-likeness (QED) is 0.699. The summed E-state index contributed by atoms with van der Waals surface area (Å²) in [6.45, 7) is 3.55. The van der Waals surface area contributed by atoms with Crippen molar-refractivity contribution in [2.45, 2.75) is 44.2 Å². The third-order valence-electron chi connectivity index (χ3n) is 7.25. The van der Waals surface area contributed by atoms with Crippen LogP contribution in [0.25, 0.3) is 0 Å². The molecular formula is C25H31NO4. The summed E-state index contributed by atoms with van der Waals surface area (Å²) in [4.78, 5) is 2.73. The van der Waals surface area contributed by atoms with E-state index < -0.39 is 0 Å². The van der Waals surface area contributed by atoms with Gasteiger partial charge in [0.1, 0.15) is 0 Å². The minimum atomic E-state index is 0.257. The van der Waals surface area contributed by atoms with Crippen molar-refractivity contribution in [3.8, 4) is 23.0 Å². The maximum atomic E-state index is 5.67. The van der Waals surface area contributed by atoms with E-state index in [1.165, 1.54) is 41.6 Å². The smallest absolute Gasteiger partial charge is 0.161 e. The zero-order chi connectivity index (χ0) is 21.0. The van der Waals surface area contributed by atoms with E-state index in [0.29, 0.717) is 12.1 Å². The molecule has 5 nitrogen and oxygen atoms in total. The summed E-state index contributed by atoms with van der Waals surface area (Å²) in [5.41, 5.74) is 5.41. The topological polar surface area (TPSA) is 40.2 Å². The van der Waals surface area contributed by atoms with Gasteiger partial charge < -0.3 is 18.9 Å². The molecule has 0 spiro atoms. The van der Waals surface area contributed by atoms with Gasteiger partial charge in [-0.15, -0.1) is 0 Å². The molecule has 160 valence electrons. The van der Waals surface area contributed by atoms with Gasteiger partial charge in [0.15, 0.2) is 23.0 Å². The average Bonchev–Trinajstić information content (AvgIpc) is 3.61. The summed E-state index contributed by atoms with van der Waals surface area (Å²) < 4.78 is 22.7. The minimum absolute atomic E-state index is 0.257. The van der Waals surface area contributed by atoms with E-state index in [1.807, 2.05) is 0 Å². The fourth-order valence-electron chi connectivity index (χ4n) is 5.54. The first-order valence-electron chi connectivity index (χ1n) is 10.9. The van der Waals surface area contributed by atoms with E-state index >= 15 is 0 Å². The lowest BCUT2D eigenvalue weighted by molar-refractivity contribution is 0.115. The Bertz CT molecular complexity index is 968. The zero-order valence-electron chi connectivity index (χ0n) is 18.5. The Hall–Kier alpha value is -2.40. The first-order valence-corrected chi connectivity index (χ1v) is 10.9. The predicted octanol–water partition coefficient (Wildman–Crippen LogP) is 4.56. The molecular weight excluding hydrogens is 378 g/mol. The highest BCUT2D eigenvalue weighted by atomic mass is 16.5. The van der Waals surface area contributed by atoms with Crippen molar-refractivity contribution in [3.05, 3.63) is 46.5 Å². The van der Waals surface area contributed by atoms with Crippen LogP contribution in [0.15, 0.2) is 24.3 Å². The molecule has 30 heavy (non-hydrogen) atoms. The Labute approximate surface area is 178 Å². The van der Waals surface area contributed by atoms with E-state index in [1.54, 1.807) is 28.4 Å². The van der Waals surface area contributed by atoms with Crippen LogP contribution in [-0.4, -0.2) is 45.9 Å². The molecule has 2 aliphatic heterocycles. The van der Waals surface area contributed by atoms with Crippen LogP contribution in [0.3, 0.4) is 0 Å². The molecule has 0 N–H and O–H groups in total. The highest BCUT2D eigenvalue weighted by Crippen LogP contribution is 2.54. The molecule has 2 bridgehead atoms. The summed E-state index contributed by atoms with van der Waals surface area (Å²) in [6, 6.07) is 9.51. The van der Waals surface area contributed by atoms with Crippen LogP contribution in [0, 0.1) is 5.92 Å². The normalized spacial score (nSPS) is 24.6. The monoisotopic (exact) mass is 409 g/mol. The third-order valence-corrected chi connectivity index (χ3v) is 7.25. The van der Waals surface area contributed by atoms with Crippen LogP contribution < -0.4 is 18.9 Å². The third kappa shape index (κ3) is 2.94. The molecule has 2 heterocycles. The van der Waals surface area contributed by atoms with Crippen LogP contribution in [0.2, 0.25) is 0 Å². The van der Waals surface area contributed by atoms with E-state index in [4.69, 9.17) is 18.9 Å². The second-order valence-electron chi connectivity index (χ2n) is 8.82. The second kappa shape index (κ2) is 7.38. The van der Waals surface area contributed by atoms with Crippen LogP contribution in [0.5, 0.6) is 23.0 Å². The molecule has 0 aromatic heterocycles. The molecule has 3 atom stereocenters. The molecule has 1 fully saturated rings. The lowest BCUT2D eigenvalue weighted by Crippen LogP contribution is -2.45. The van der Waals surface area contributed by atoms with Gasteiger partial charge in [-0.25, -0.2) is 0 Å². The Morgan fingerprint density at radius 3 is 1.87 bits per heavy atom. The van der Waals surface area contributed by atoms with Gasteiger partial charge in [0.2, 0.25) is 0 Å². The molecule has 4 aliphatic rings. The molecule has 0 saturated heterocycles. The first kappa shape index (κ1) is 19.6. The van der Waals surface area contributed by atoms with Gasteiger partial charge in [0.05, 0.1) is 28.4 Å². The van der Waals surface area contributed by atoms with E-state index in [0.717, 1.165) is 35.3 Å². The van der Waals surface area contributed by atoms with Crippen LogP contribution in [-0.2, 0) is 6.42 Å². The fraction of sp³-hybridized carbons (Fsp3) is 0.520. The van der Waals surface area contributed by atoms with E-state index in [-0.39, 0.29) is 5.92 Å². The Morgan fingerprint density at radius 2 is 1.30 bits per heavy atom. The van der Waals surface area contributed by atoms with Gasteiger partial charge >= 0.3 is 0 Å². The molecule has 1 saturated carbocycles. The van der Waals surface area contributed by atoms with Crippen molar-refractivity contribution in [2.75, 3.05) is 35.0 Å². The lowest BCUT2D eigenvalue weighted by Gasteiger charge is -2.44. The Kier molecular flexibility index (Phi) is 4.81. The largest absolute Gasteiger partial charge is 0.493 e. The number of hydrogen-bond donors (Lipinski definition) is 0. The van der Waals surface area contributed by atoms with Crippen molar-refractivity contribution in [3.63, 3.8) is 0 Å². The van der Waals surface area contributed by atoms with E-state index in [2.05, 4.69) is 36.1 Å². The number of benzene rings is 2. The standard InChI is InChI=1S/C25H31NO4/c1-14-25-17-10-22(28-3)21(27-2)9-16(17)8-20(26(14)13-15-6-7-15)18-11-23(29-4)24(30-5)12-19(18)25/h9-12,14-15,20,25H,6-8,13H2,1-5H3/t14-,20-,25+/m1/s1. The maximum Gasteiger partial charge on any atom is 0.161 e. The minimum Gasteiger partial charge on any atom is -0.493 e. The molecule has 2 aliphatic carbocycles. The van der Waals surface area contributed by atoms with Gasteiger partial charge in [-0.05, 0) is 78.6 Å². The number of rotatable bonds is 6. The van der Waals surface area contributed by atoms with Gasteiger partial charge in [0, 0.05) is 24.5 Å². The van der Waals surface area contributed by atoms with Crippen LogP contribution in [0.1, 0.15) is 54.0 Å². The van der Waals surface area contributed by atoms with Crippen molar-refractivity contribution >= 4 is 0 Å². The molecule has 6 rings (SSSR count). The zero-order valence-corrected chi connectivity index (χ0v) is 18.5. The summed E-state index contributed by atoms with van der Waals surface area (Å²) in [7, 11) is 6.85. The average molecular weight is 410 g/mol. The predicted molar refractivity (Wildman–Crippen MR) is 116 cm³/mol.